The van der Waals surface area contributed by atoms with Gasteiger partial charge in [-0.05, 0) is 31.9 Å². The molecule has 1 saturated heterocycles. The van der Waals surface area contributed by atoms with Gasteiger partial charge in [-0.1, -0.05) is 11.6 Å². The Hall–Kier alpha value is -0.840. The average Bonchev–Trinajstić information content (AvgIpc) is 2.89. The minimum atomic E-state index is -0.135. The molecule has 0 radical (unpaired) electrons. The first-order chi connectivity index (χ1) is 8.74. The molecule has 0 aromatic carbocycles. The molecule has 4 nitrogen and oxygen atoms in total. The monoisotopic (exact) mass is 270 g/mol. The van der Waals surface area contributed by atoms with E-state index in [2.05, 4.69) is 16.8 Å². The highest BCUT2D eigenvalue weighted by atomic mass is 35.5. The minimum absolute atomic E-state index is 0.135. The van der Waals surface area contributed by atoms with Gasteiger partial charge in [0.1, 0.15) is 5.82 Å². The Morgan fingerprint density at radius 1 is 1.56 bits per heavy atom. The molecule has 1 aliphatic rings. The number of hydrogen-bond acceptors (Lipinski definition) is 4. The quantitative estimate of drug-likeness (QED) is 0.891. The van der Waals surface area contributed by atoms with E-state index in [1.807, 2.05) is 6.07 Å². The maximum absolute atomic E-state index is 9.19. The van der Waals surface area contributed by atoms with E-state index in [1.54, 1.807) is 6.07 Å². The van der Waals surface area contributed by atoms with Crippen molar-refractivity contribution in [2.45, 2.75) is 32.5 Å². The van der Waals surface area contributed by atoms with Gasteiger partial charge in [0, 0.05) is 19.7 Å². The van der Waals surface area contributed by atoms with E-state index in [-0.39, 0.29) is 6.61 Å². The van der Waals surface area contributed by atoms with Crippen molar-refractivity contribution >= 4 is 17.4 Å². The second kappa shape index (κ2) is 6.36. The Morgan fingerprint density at radius 3 is 3.00 bits per heavy atom. The highest BCUT2D eigenvalue weighted by Gasteiger charge is 2.19. The number of aliphatic hydroxyl groups excluding tert-OH is 1. The van der Waals surface area contributed by atoms with Crippen molar-refractivity contribution in [3.05, 3.63) is 22.8 Å². The number of aromatic nitrogens is 1. The summed E-state index contributed by atoms with van der Waals surface area (Å²) in [6.45, 7) is 4.52. The van der Waals surface area contributed by atoms with Crippen LogP contribution in [0.15, 0.2) is 12.1 Å². The molecular formula is C13H19ClN2O2. The van der Waals surface area contributed by atoms with Crippen LogP contribution in [-0.2, 0) is 11.3 Å². The van der Waals surface area contributed by atoms with Crippen molar-refractivity contribution in [3.63, 3.8) is 0 Å². The highest BCUT2D eigenvalue weighted by molar-refractivity contribution is 6.31. The molecular weight excluding hydrogens is 252 g/mol. The summed E-state index contributed by atoms with van der Waals surface area (Å²) in [5.41, 5.74) is 0.528. The van der Waals surface area contributed by atoms with E-state index in [0.717, 1.165) is 38.4 Å². The van der Waals surface area contributed by atoms with Crippen LogP contribution < -0.4 is 4.90 Å². The zero-order valence-corrected chi connectivity index (χ0v) is 11.4. The van der Waals surface area contributed by atoms with E-state index in [1.165, 1.54) is 0 Å². The molecule has 0 aliphatic carbocycles. The van der Waals surface area contributed by atoms with Crippen LogP contribution in [0.3, 0.4) is 0 Å². The maximum Gasteiger partial charge on any atom is 0.129 e. The van der Waals surface area contributed by atoms with Crippen LogP contribution >= 0.6 is 11.6 Å². The third kappa shape index (κ3) is 3.13. The van der Waals surface area contributed by atoms with Gasteiger partial charge in [-0.2, -0.15) is 0 Å². The van der Waals surface area contributed by atoms with E-state index in [9.17, 15) is 5.11 Å². The Morgan fingerprint density at radius 2 is 2.39 bits per heavy atom. The van der Waals surface area contributed by atoms with Crippen LogP contribution in [0, 0.1) is 0 Å². The number of nitrogens with zero attached hydrogens (tertiary/aromatic N) is 2. The zero-order valence-electron chi connectivity index (χ0n) is 10.6. The zero-order chi connectivity index (χ0) is 13.0. The molecule has 100 valence electrons. The molecule has 0 spiro atoms. The fraction of sp³-hybridized carbons (Fsp3) is 0.615. The molecule has 5 heteroatoms. The van der Waals surface area contributed by atoms with E-state index in [4.69, 9.17) is 16.3 Å². The van der Waals surface area contributed by atoms with Crippen LogP contribution in [0.2, 0.25) is 5.02 Å². The van der Waals surface area contributed by atoms with Gasteiger partial charge in [-0.3, -0.25) is 0 Å². The van der Waals surface area contributed by atoms with Gasteiger partial charge in [0.25, 0.3) is 0 Å². The van der Waals surface area contributed by atoms with E-state index in [0.29, 0.717) is 16.8 Å². The fourth-order valence-electron chi connectivity index (χ4n) is 2.18. The number of anilines is 1. The molecule has 1 fully saturated rings. The third-order valence-corrected chi connectivity index (χ3v) is 3.55. The number of hydrogen-bond donors (Lipinski definition) is 1. The first-order valence-electron chi connectivity index (χ1n) is 6.37. The minimum Gasteiger partial charge on any atom is -0.390 e. The lowest BCUT2D eigenvalue weighted by Crippen LogP contribution is -2.32. The summed E-state index contributed by atoms with van der Waals surface area (Å²) in [6, 6.07) is 3.67. The van der Waals surface area contributed by atoms with Gasteiger partial charge in [0.15, 0.2) is 0 Å². The molecule has 1 aromatic heterocycles. The van der Waals surface area contributed by atoms with Crippen LogP contribution in [0.25, 0.3) is 0 Å². The number of rotatable bonds is 5. The SMILES string of the molecule is CCN(CC1CCCO1)c1ccc(Cl)c(CO)n1. The van der Waals surface area contributed by atoms with Crippen LogP contribution in [0.5, 0.6) is 0 Å². The summed E-state index contributed by atoms with van der Waals surface area (Å²) in [4.78, 5) is 6.55. The lowest BCUT2D eigenvalue weighted by molar-refractivity contribution is 0.115. The van der Waals surface area contributed by atoms with Crippen molar-refractivity contribution in [1.29, 1.82) is 0 Å². The van der Waals surface area contributed by atoms with Gasteiger partial charge in [-0.25, -0.2) is 4.98 Å². The first-order valence-corrected chi connectivity index (χ1v) is 6.75. The summed E-state index contributed by atoms with van der Waals surface area (Å²) in [7, 11) is 0. The number of pyridine rings is 1. The maximum atomic E-state index is 9.19. The normalized spacial score (nSPS) is 19.2. The molecule has 1 aromatic rings. The van der Waals surface area contributed by atoms with Gasteiger partial charge in [0.2, 0.25) is 0 Å². The average molecular weight is 271 g/mol. The van der Waals surface area contributed by atoms with Crippen molar-refractivity contribution in [1.82, 2.24) is 4.98 Å². The standard InChI is InChI=1S/C13H19ClN2O2/c1-2-16(8-10-4-3-7-18-10)13-6-5-11(14)12(9-17)15-13/h5-6,10,17H,2-4,7-9H2,1H3. The molecule has 18 heavy (non-hydrogen) atoms. The molecule has 1 atom stereocenters. The first kappa shape index (κ1) is 13.6. The largest absolute Gasteiger partial charge is 0.390 e. The van der Waals surface area contributed by atoms with Gasteiger partial charge >= 0.3 is 0 Å². The van der Waals surface area contributed by atoms with E-state index >= 15 is 0 Å². The molecule has 2 rings (SSSR count). The third-order valence-electron chi connectivity index (χ3n) is 3.21. The van der Waals surface area contributed by atoms with Gasteiger partial charge in [-0.15, -0.1) is 0 Å². The molecule has 0 bridgehead atoms. The summed E-state index contributed by atoms with van der Waals surface area (Å²) >= 11 is 5.95. The van der Waals surface area contributed by atoms with Crippen molar-refractivity contribution in [3.8, 4) is 0 Å². The molecule has 1 N–H and O–H groups in total. The van der Waals surface area contributed by atoms with Crippen LogP contribution in [-0.4, -0.2) is 35.9 Å². The number of halogens is 1. The van der Waals surface area contributed by atoms with Crippen molar-refractivity contribution < 1.29 is 9.84 Å². The summed E-state index contributed by atoms with van der Waals surface area (Å²) in [5, 5.41) is 9.70. The number of aliphatic hydroxyl groups is 1. The van der Waals surface area contributed by atoms with Crippen molar-refractivity contribution in [2.75, 3.05) is 24.6 Å². The molecule has 1 aliphatic heterocycles. The highest BCUT2D eigenvalue weighted by Crippen LogP contribution is 2.21. The fourth-order valence-corrected chi connectivity index (χ4v) is 2.34. The molecule has 2 heterocycles. The second-order valence-corrected chi connectivity index (χ2v) is 4.84. The predicted molar refractivity (Wildman–Crippen MR) is 72.0 cm³/mol. The molecule has 1 unspecified atom stereocenters. The van der Waals surface area contributed by atoms with Gasteiger partial charge < -0.3 is 14.7 Å². The van der Waals surface area contributed by atoms with E-state index < -0.39 is 0 Å². The smallest absolute Gasteiger partial charge is 0.129 e. The number of likely N-dealkylation sites (N-methyl/N-ethyl adjacent to an activating group) is 1. The lowest BCUT2D eigenvalue weighted by Gasteiger charge is -2.25. The summed E-state index contributed by atoms with van der Waals surface area (Å²) in [5.74, 6) is 0.849. The Labute approximate surface area is 113 Å². The van der Waals surface area contributed by atoms with Crippen LogP contribution in [0.1, 0.15) is 25.5 Å². The Kier molecular flexibility index (Phi) is 4.80. The predicted octanol–water partition coefficient (Wildman–Crippen LogP) is 2.23. The Bertz CT molecular complexity index is 395. The molecule has 0 saturated carbocycles. The topological polar surface area (TPSA) is 45.6 Å². The Balaban J connectivity index is 2.10. The summed E-state index contributed by atoms with van der Waals surface area (Å²) < 4.78 is 5.64. The summed E-state index contributed by atoms with van der Waals surface area (Å²) in [6.07, 6.45) is 2.54. The van der Waals surface area contributed by atoms with Gasteiger partial charge in [0.05, 0.1) is 23.4 Å². The second-order valence-electron chi connectivity index (χ2n) is 4.43. The van der Waals surface area contributed by atoms with Crippen molar-refractivity contribution in [2.24, 2.45) is 0 Å². The van der Waals surface area contributed by atoms with Crippen LogP contribution in [0.4, 0.5) is 5.82 Å². The number of ether oxygens (including phenoxy) is 1. The lowest BCUT2D eigenvalue weighted by atomic mass is 10.2. The molecule has 0 amide bonds.